The fraction of sp³-hybridized carbons (Fsp3) is 0.0588. The number of nitrogens with one attached hydrogen (secondary N) is 1. The highest BCUT2D eigenvalue weighted by atomic mass is 19.1. The molecule has 0 aliphatic heterocycles. The molecule has 7 heteroatoms. The molecule has 3 aromatic rings. The zero-order valence-electron chi connectivity index (χ0n) is 12.6. The van der Waals surface area contributed by atoms with Crippen LogP contribution in [0.4, 0.5) is 10.1 Å². The average Bonchev–Trinajstić information content (AvgIpc) is 2.93. The molecule has 6 nitrogen and oxygen atoms in total. The topological polar surface area (TPSA) is 94.6 Å². The van der Waals surface area contributed by atoms with Crippen LogP contribution in [0, 0.1) is 5.82 Å². The second-order valence-electron chi connectivity index (χ2n) is 5.00. The van der Waals surface area contributed by atoms with Crippen LogP contribution < -0.4 is 15.8 Å². The van der Waals surface area contributed by atoms with Crippen molar-refractivity contribution in [2.24, 2.45) is 5.73 Å². The van der Waals surface area contributed by atoms with Crippen molar-refractivity contribution in [3.8, 4) is 5.75 Å². The molecule has 0 fully saturated rings. The summed E-state index contributed by atoms with van der Waals surface area (Å²) in [6.07, 6.45) is 0. The molecule has 0 bridgehead atoms. The summed E-state index contributed by atoms with van der Waals surface area (Å²) >= 11 is 0. The van der Waals surface area contributed by atoms with Gasteiger partial charge in [0.05, 0.1) is 7.11 Å². The number of nitrogens with two attached hydrogens (primary N) is 1. The molecule has 3 rings (SSSR count). The highest BCUT2D eigenvalue weighted by Crippen LogP contribution is 2.33. The van der Waals surface area contributed by atoms with E-state index in [-0.39, 0.29) is 17.0 Å². The maximum atomic E-state index is 13.3. The van der Waals surface area contributed by atoms with Gasteiger partial charge in [-0.2, -0.15) is 0 Å². The normalized spacial score (nSPS) is 10.6. The quantitative estimate of drug-likeness (QED) is 0.770. The summed E-state index contributed by atoms with van der Waals surface area (Å²) in [5.41, 5.74) is 5.89. The number of rotatable bonds is 4. The lowest BCUT2D eigenvalue weighted by Crippen LogP contribution is -2.17. The van der Waals surface area contributed by atoms with E-state index >= 15 is 0 Å². The first kappa shape index (κ1) is 15.5. The van der Waals surface area contributed by atoms with Gasteiger partial charge in [0.25, 0.3) is 11.8 Å². The highest BCUT2D eigenvalue weighted by Gasteiger charge is 2.21. The van der Waals surface area contributed by atoms with Gasteiger partial charge in [-0.25, -0.2) is 4.39 Å². The van der Waals surface area contributed by atoms with Gasteiger partial charge < -0.3 is 20.2 Å². The third-order valence-corrected chi connectivity index (χ3v) is 3.44. The van der Waals surface area contributed by atoms with E-state index in [4.69, 9.17) is 14.9 Å². The van der Waals surface area contributed by atoms with Crippen molar-refractivity contribution in [1.29, 1.82) is 0 Å². The first-order valence-corrected chi connectivity index (χ1v) is 6.97. The van der Waals surface area contributed by atoms with E-state index in [1.807, 2.05) is 0 Å². The van der Waals surface area contributed by atoms with Crippen LogP contribution >= 0.6 is 0 Å². The maximum Gasteiger partial charge on any atom is 0.286 e. The number of hydrogen-bond acceptors (Lipinski definition) is 4. The van der Waals surface area contributed by atoms with Crippen LogP contribution in [-0.4, -0.2) is 18.9 Å². The summed E-state index contributed by atoms with van der Waals surface area (Å²) in [5, 5.41) is 3.01. The van der Waals surface area contributed by atoms with Crippen LogP contribution in [0.1, 0.15) is 20.9 Å². The van der Waals surface area contributed by atoms with Crippen molar-refractivity contribution < 1.29 is 23.1 Å². The smallest absolute Gasteiger partial charge is 0.286 e. The van der Waals surface area contributed by atoms with Gasteiger partial charge in [-0.3, -0.25) is 9.59 Å². The van der Waals surface area contributed by atoms with Crippen molar-refractivity contribution in [2.45, 2.75) is 0 Å². The van der Waals surface area contributed by atoms with Gasteiger partial charge in [0.1, 0.15) is 22.8 Å². The Morgan fingerprint density at radius 1 is 1.21 bits per heavy atom. The summed E-state index contributed by atoms with van der Waals surface area (Å²) in [6.45, 7) is 0. The molecular formula is C17H13FN2O4. The molecule has 0 saturated heterocycles. The predicted molar refractivity (Wildman–Crippen MR) is 85.6 cm³/mol. The Labute approximate surface area is 136 Å². The molecule has 0 aliphatic rings. The van der Waals surface area contributed by atoms with Crippen LogP contribution in [0.25, 0.3) is 11.0 Å². The molecule has 1 heterocycles. The fourth-order valence-electron chi connectivity index (χ4n) is 2.32. The van der Waals surface area contributed by atoms with Crippen LogP contribution in [-0.2, 0) is 0 Å². The largest absolute Gasteiger partial charge is 0.497 e. The first-order valence-electron chi connectivity index (χ1n) is 6.97. The Morgan fingerprint density at radius 2 is 2.00 bits per heavy atom. The molecule has 2 amide bonds. The third-order valence-electron chi connectivity index (χ3n) is 3.44. The number of carbonyl (C=O) groups excluding carboxylic acids is 2. The Hall–Kier alpha value is -3.35. The number of carbonyl (C=O) groups is 2. The first-order chi connectivity index (χ1) is 11.5. The molecule has 122 valence electrons. The average molecular weight is 328 g/mol. The fourth-order valence-corrected chi connectivity index (χ4v) is 2.32. The van der Waals surface area contributed by atoms with Gasteiger partial charge in [0.15, 0.2) is 0 Å². The van der Waals surface area contributed by atoms with Crippen molar-refractivity contribution in [3.63, 3.8) is 0 Å². The van der Waals surface area contributed by atoms with E-state index in [0.717, 1.165) is 6.07 Å². The second-order valence-corrected chi connectivity index (χ2v) is 5.00. The van der Waals surface area contributed by atoms with Gasteiger partial charge in [-0.05, 0) is 36.4 Å². The molecule has 2 aromatic carbocycles. The molecule has 3 N–H and O–H groups in total. The van der Waals surface area contributed by atoms with Gasteiger partial charge in [0, 0.05) is 10.9 Å². The Morgan fingerprint density at radius 3 is 2.67 bits per heavy atom. The summed E-state index contributed by atoms with van der Waals surface area (Å²) in [4.78, 5) is 23.9. The molecular weight excluding hydrogens is 315 g/mol. The summed E-state index contributed by atoms with van der Waals surface area (Å²) in [7, 11) is 1.49. The minimum Gasteiger partial charge on any atom is -0.497 e. The number of halogens is 1. The number of ether oxygens (including phenoxy) is 1. The molecule has 0 spiro atoms. The molecule has 0 unspecified atom stereocenters. The molecule has 0 saturated carbocycles. The zero-order chi connectivity index (χ0) is 17.3. The molecule has 0 atom stereocenters. The number of primary amides is 1. The molecule has 1 aromatic heterocycles. The number of furan rings is 1. The third kappa shape index (κ3) is 2.79. The molecule has 0 radical (unpaired) electrons. The second kappa shape index (κ2) is 6.04. The van der Waals surface area contributed by atoms with E-state index in [1.165, 1.54) is 25.3 Å². The Kier molecular flexibility index (Phi) is 3.91. The maximum absolute atomic E-state index is 13.3. The van der Waals surface area contributed by atoms with Gasteiger partial charge >= 0.3 is 0 Å². The Balaban J connectivity index is 2.08. The van der Waals surface area contributed by atoms with Crippen molar-refractivity contribution in [3.05, 3.63) is 59.6 Å². The number of methoxy groups -OCH3 is 1. The number of amides is 2. The zero-order valence-corrected chi connectivity index (χ0v) is 12.6. The standard InChI is InChI=1S/C17H13FN2O4/c1-23-11-5-6-13-12(8-11)14(15(24-13)16(19)21)20-17(22)9-3-2-4-10(18)7-9/h2-8H,1H3,(H2,19,21)(H,20,22). The summed E-state index contributed by atoms with van der Waals surface area (Å²) in [6, 6.07) is 10.0. The summed E-state index contributed by atoms with van der Waals surface area (Å²) in [5.74, 6) is -1.65. The van der Waals surface area contributed by atoms with E-state index < -0.39 is 17.6 Å². The van der Waals surface area contributed by atoms with Gasteiger partial charge in [0.2, 0.25) is 5.76 Å². The van der Waals surface area contributed by atoms with E-state index in [2.05, 4.69) is 5.32 Å². The van der Waals surface area contributed by atoms with E-state index in [0.29, 0.717) is 16.7 Å². The van der Waals surface area contributed by atoms with Gasteiger partial charge in [-0.1, -0.05) is 6.07 Å². The Bertz CT molecular complexity index is 949. The van der Waals surface area contributed by atoms with E-state index in [1.54, 1.807) is 18.2 Å². The minimum atomic E-state index is -0.834. The monoisotopic (exact) mass is 328 g/mol. The van der Waals surface area contributed by atoms with Crippen molar-refractivity contribution >= 4 is 28.5 Å². The van der Waals surface area contributed by atoms with Crippen LogP contribution in [0.2, 0.25) is 0 Å². The highest BCUT2D eigenvalue weighted by molar-refractivity contribution is 6.14. The molecule has 24 heavy (non-hydrogen) atoms. The van der Waals surface area contributed by atoms with E-state index in [9.17, 15) is 14.0 Å². The van der Waals surface area contributed by atoms with Crippen molar-refractivity contribution in [1.82, 2.24) is 0 Å². The van der Waals surface area contributed by atoms with Gasteiger partial charge in [-0.15, -0.1) is 0 Å². The lowest BCUT2D eigenvalue weighted by atomic mass is 10.1. The lowest BCUT2D eigenvalue weighted by Gasteiger charge is -2.05. The molecule has 0 aliphatic carbocycles. The summed E-state index contributed by atoms with van der Waals surface area (Å²) < 4.78 is 23.8. The number of benzene rings is 2. The number of fused-ring (bicyclic) bond motifs is 1. The number of anilines is 1. The van der Waals surface area contributed by atoms with Crippen LogP contribution in [0.15, 0.2) is 46.9 Å². The van der Waals surface area contributed by atoms with Crippen LogP contribution in [0.3, 0.4) is 0 Å². The van der Waals surface area contributed by atoms with Crippen molar-refractivity contribution in [2.75, 3.05) is 12.4 Å². The minimum absolute atomic E-state index is 0.0997. The van der Waals surface area contributed by atoms with Crippen LogP contribution in [0.5, 0.6) is 5.75 Å². The predicted octanol–water partition coefficient (Wildman–Crippen LogP) is 2.93. The SMILES string of the molecule is COc1ccc2oc(C(N)=O)c(NC(=O)c3cccc(F)c3)c2c1. The lowest BCUT2D eigenvalue weighted by molar-refractivity contribution is 0.0977. The number of hydrogen-bond donors (Lipinski definition) is 2.